The van der Waals surface area contributed by atoms with Crippen LogP contribution in [0.2, 0.25) is 0 Å². The summed E-state index contributed by atoms with van der Waals surface area (Å²) in [5, 5.41) is 6.14. The fraction of sp³-hybridized carbons (Fsp3) is 0.577. The van der Waals surface area contributed by atoms with Crippen molar-refractivity contribution in [2.75, 3.05) is 25.2 Å². The van der Waals surface area contributed by atoms with E-state index in [9.17, 15) is 22.4 Å². The second-order valence-corrected chi connectivity index (χ2v) is 10.2. The number of amides is 1. The van der Waals surface area contributed by atoms with E-state index in [-0.39, 0.29) is 23.8 Å². The molecule has 1 aromatic heterocycles. The van der Waals surface area contributed by atoms with Crippen LogP contribution in [0.15, 0.2) is 18.2 Å². The molecule has 0 radical (unpaired) electrons. The molecule has 1 aliphatic heterocycles. The molecule has 0 spiro atoms. The number of nitrogens with zero attached hydrogens (tertiary/aromatic N) is 2. The Labute approximate surface area is 212 Å². The van der Waals surface area contributed by atoms with E-state index in [0.29, 0.717) is 54.5 Å². The highest BCUT2D eigenvalue weighted by Crippen LogP contribution is 2.46. The van der Waals surface area contributed by atoms with E-state index in [1.165, 1.54) is 13.0 Å². The van der Waals surface area contributed by atoms with E-state index in [2.05, 4.69) is 20.6 Å². The van der Waals surface area contributed by atoms with Crippen LogP contribution in [-0.2, 0) is 26.9 Å². The van der Waals surface area contributed by atoms with Gasteiger partial charge >= 0.3 is 6.18 Å². The molecule has 2 aliphatic carbocycles. The first-order valence-electron chi connectivity index (χ1n) is 12.5. The number of carbonyl (C=O) groups excluding carboxylic acids is 1. The first-order chi connectivity index (χ1) is 17.6. The summed E-state index contributed by atoms with van der Waals surface area (Å²) in [7, 11) is 0. The zero-order valence-electron chi connectivity index (χ0n) is 20.8. The number of alkyl halides is 4. The SMILES string of the molecule is Cc1nc(CC(=O)NC2(CF)CC2)c(C2OCCO2)c(NC(c2cccc(C(F)(F)F)c2C)C2CC2)n1. The summed E-state index contributed by atoms with van der Waals surface area (Å²) in [4.78, 5) is 21.9. The standard InChI is InChI=1S/C26H30F4N4O3/c1-14-17(4-3-5-18(14)26(28,29)30)22(16-6-7-16)33-23-21(24-36-10-11-37-24)19(31-15(2)32-23)12-20(35)34-25(13-27)8-9-25/h3-5,16,22,24H,6-13H2,1-2H3,(H,34,35)(H,31,32,33). The number of benzene rings is 1. The van der Waals surface area contributed by atoms with Crippen LogP contribution in [0, 0.1) is 19.8 Å². The molecule has 1 atom stereocenters. The van der Waals surface area contributed by atoms with E-state index in [1.807, 2.05) is 0 Å². The van der Waals surface area contributed by atoms with Gasteiger partial charge in [-0.05, 0) is 62.6 Å². The smallest absolute Gasteiger partial charge is 0.362 e. The van der Waals surface area contributed by atoms with E-state index in [1.54, 1.807) is 13.0 Å². The van der Waals surface area contributed by atoms with Crippen molar-refractivity contribution in [2.24, 2.45) is 5.92 Å². The average Bonchev–Trinajstić information content (AvgIpc) is 3.75. The number of anilines is 1. The lowest BCUT2D eigenvalue weighted by molar-refractivity contribution is -0.138. The Balaban J connectivity index is 1.51. The van der Waals surface area contributed by atoms with Crippen LogP contribution < -0.4 is 10.6 Å². The number of hydrogen-bond acceptors (Lipinski definition) is 6. The molecule has 1 amide bonds. The normalized spacial score (nSPS) is 20.1. The maximum Gasteiger partial charge on any atom is 0.416 e. The molecule has 2 saturated carbocycles. The van der Waals surface area contributed by atoms with Crippen LogP contribution in [0.25, 0.3) is 0 Å². The Bertz CT molecular complexity index is 1180. The molecule has 2 aromatic rings. The average molecular weight is 523 g/mol. The zero-order valence-corrected chi connectivity index (χ0v) is 20.8. The molecule has 200 valence electrons. The van der Waals surface area contributed by atoms with Gasteiger partial charge < -0.3 is 20.1 Å². The van der Waals surface area contributed by atoms with Gasteiger partial charge in [-0.2, -0.15) is 13.2 Å². The summed E-state index contributed by atoms with van der Waals surface area (Å²) in [5.41, 5.74) is 0.0753. The molecule has 0 bridgehead atoms. The molecule has 1 unspecified atom stereocenters. The molecule has 3 fully saturated rings. The Morgan fingerprint density at radius 3 is 2.46 bits per heavy atom. The Hall–Kier alpha value is -2.79. The summed E-state index contributed by atoms with van der Waals surface area (Å²) < 4.78 is 65.8. The maximum atomic E-state index is 13.6. The minimum absolute atomic E-state index is 0.127. The van der Waals surface area contributed by atoms with Gasteiger partial charge in [0.2, 0.25) is 5.91 Å². The van der Waals surface area contributed by atoms with Crippen molar-refractivity contribution in [3.8, 4) is 0 Å². The van der Waals surface area contributed by atoms with Gasteiger partial charge in [0.15, 0.2) is 6.29 Å². The van der Waals surface area contributed by atoms with Gasteiger partial charge in [0, 0.05) is 0 Å². The number of aromatic nitrogens is 2. The first-order valence-corrected chi connectivity index (χ1v) is 12.5. The fourth-order valence-corrected chi connectivity index (χ4v) is 4.92. The van der Waals surface area contributed by atoms with Crippen molar-refractivity contribution in [1.82, 2.24) is 15.3 Å². The van der Waals surface area contributed by atoms with Gasteiger partial charge in [0.1, 0.15) is 18.3 Å². The number of rotatable bonds is 9. The third-order valence-electron chi connectivity index (χ3n) is 7.24. The molecule has 11 heteroatoms. The zero-order chi connectivity index (χ0) is 26.4. The van der Waals surface area contributed by atoms with E-state index in [4.69, 9.17) is 9.47 Å². The van der Waals surface area contributed by atoms with Gasteiger partial charge in [0.05, 0.1) is 48.0 Å². The third kappa shape index (κ3) is 5.57. The molecule has 5 rings (SSSR count). The molecule has 3 aliphatic rings. The Morgan fingerprint density at radius 1 is 1.16 bits per heavy atom. The number of aryl methyl sites for hydroxylation is 1. The number of carbonyl (C=O) groups is 1. The monoisotopic (exact) mass is 522 g/mol. The molecule has 1 aromatic carbocycles. The van der Waals surface area contributed by atoms with Crippen LogP contribution in [0.1, 0.15) is 71.8 Å². The van der Waals surface area contributed by atoms with Crippen molar-refractivity contribution in [3.63, 3.8) is 0 Å². The minimum atomic E-state index is -4.46. The largest absolute Gasteiger partial charge is 0.416 e. The second kappa shape index (κ2) is 9.83. The number of ether oxygens (including phenoxy) is 2. The summed E-state index contributed by atoms with van der Waals surface area (Å²) >= 11 is 0. The third-order valence-corrected chi connectivity index (χ3v) is 7.24. The van der Waals surface area contributed by atoms with Gasteiger partial charge in [-0.25, -0.2) is 14.4 Å². The van der Waals surface area contributed by atoms with Crippen LogP contribution in [0.4, 0.5) is 23.4 Å². The van der Waals surface area contributed by atoms with Crippen LogP contribution in [0.3, 0.4) is 0 Å². The fourth-order valence-electron chi connectivity index (χ4n) is 4.92. The predicted molar refractivity (Wildman–Crippen MR) is 126 cm³/mol. The first kappa shape index (κ1) is 25.8. The van der Waals surface area contributed by atoms with Crippen molar-refractivity contribution in [1.29, 1.82) is 0 Å². The van der Waals surface area contributed by atoms with Gasteiger partial charge in [0.25, 0.3) is 0 Å². The summed E-state index contributed by atoms with van der Waals surface area (Å²) in [5.74, 6) is 0.504. The lowest BCUT2D eigenvalue weighted by Crippen LogP contribution is -2.39. The quantitative estimate of drug-likeness (QED) is 0.457. The molecular formula is C26H30F4N4O3. The summed E-state index contributed by atoms with van der Waals surface area (Å²) in [6.45, 7) is 3.22. The molecule has 1 saturated heterocycles. The van der Waals surface area contributed by atoms with Crippen molar-refractivity contribution in [2.45, 2.75) is 70.0 Å². The number of nitrogens with one attached hydrogen (secondary N) is 2. The predicted octanol–water partition coefficient (Wildman–Crippen LogP) is 4.88. The van der Waals surface area contributed by atoms with Crippen molar-refractivity contribution < 1.29 is 31.8 Å². The van der Waals surface area contributed by atoms with Crippen LogP contribution >= 0.6 is 0 Å². The minimum Gasteiger partial charge on any atom is -0.362 e. The second-order valence-electron chi connectivity index (χ2n) is 10.2. The highest BCUT2D eigenvalue weighted by atomic mass is 19.4. The molecular weight excluding hydrogens is 492 g/mol. The van der Waals surface area contributed by atoms with Crippen molar-refractivity contribution >= 4 is 11.7 Å². The van der Waals surface area contributed by atoms with Crippen LogP contribution in [-0.4, -0.2) is 41.3 Å². The van der Waals surface area contributed by atoms with E-state index < -0.39 is 36.3 Å². The van der Waals surface area contributed by atoms with Crippen LogP contribution in [0.5, 0.6) is 0 Å². The van der Waals surface area contributed by atoms with Gasteiger partial charge in [-0.3, -0.25) is 4.79 Å². The number of hydrogen-bond donors (Lipinski definition) is 2. The highest BCUT2D eigenvalue weighted by molar-refractivity contribution is 5.80. The van der Waals surface area contributed by atoms with E-state index in [0.717, 1.165) is 18.9 Å². The number of halogens is 4. The summed E-state index contributed by atoms with van der Waals surface area (Å²) in [6.07, 6.45) is -2.51. The van der Waals surface area contributed by atoms with Gasteiger partial charge in [-0.15, -0.1) is 0 Å². The van der Waals surface area contributed by atoms with E-state index >= 15 is 0 Å². The maximum absolute atomic E-state index is 13.6. The lowest BCUT2D eigenvalue weighted by Gasteiger charge is -2.26. The lowest BCUT2D eigenvalue weighted by atomic mass is 9.93. The molecule has 37 heavy (non-hydrogen) atoms. The Morgan fingerprint density at radius 2 is 1.86 bits per heavy atom. The molecule has 2 N–H and O–H groups in total. The van der Waals surface area contributed by atoms with Gasteiger partial charge in [-0.1, -0.05) is 12.1 Å². The van der Waals surface area contributed by atoms with Crippen molar-refractivity contribution in [3.05, 3.63) is 52.0 Å². The molecule has 2 heterocycles. The summed E-state index contributed by atoms with van der Waals surface area (Å²) in [6, 6.07) is 3.78. The highest BCUT2D eigenvalue weighted by Gasteiger charge is 2.44. The molecule has 7 nitrogen and oxygen atoms in total. The topological polar surface area (TPSA) is 85.4 Å². The Kier molecular flexibility index (Phi) is 6.86.